The van der Waals surface area contributed by atoms with Gasteiger partial charge in [-0.15, -0.1) is 0 Å². The number of halogens is 2. The molecule has 0 aliphatic carbocycles. The second-order valence-corrected chi connectivity index (χ2v) is 5.06. The lowest BCUT2D eigenvalue weighted by atomic mass is 10.1. The molecule has 0 bridgehead atoms. The van der Waals surface area contributed by atoms with Crippen LogP contribution < -0.4 is 9.47 Å². The molecule has 2 rings (SSSR count). The van der Waals surface area contributed by atoms with E-state index < -0.39 is 0 Å². The predicted molar refractivity (Wildman–Crippen MR) is 83.9 cm³/mol. The Balaban J connectivity index is 2.07. The Morgan fingerprint density at radius 3 is 2.33 bits per heavy atom. The summed E-state index contributed by atoms with van der Waals surface area (Å²) in [7, 11) is 0. The standard InChI is InChI=1S/C16H14Cl2O3/c1-2-20-15-5-3-4-6-16(15)21-10-14(19)12-8-7-11(17)9-13(12)18/h3-9H,2,10H2,1H3. The van der Waals surface area contributed by atoms with Crippen LogP contribution in [0.3, 0.4) is 0 Å². The highest BCUT2D eigenvalue weighted by atomic mass is 35.5. The minimum Gasteiger partial charge on any atom is -0.490 e. The molecule has 0 atom stereocenters. The molecule has 0 aromatic heterocycles. The molecule has 0 spiro atoms. The molecule has 0 amide bonds. The van der Waals surface area contributed by atoms with E-state index in [2.05, 4.69) is 0 Å². The van der Waals surface area contributed by atoms with Gasteiger partial charge >= 0.3 is 0 Å². The zero-order chi connectivity index (χ0) is 15.2. The Labute approximate surface area is 133 Å². The Bertz CT molecular complexity index is 641. The summed E-state index contributed by atoms with van der Waals surface area (Å²) in [5.74, 6) is 0.913. The van der Waals surface area contributed by atoms with Crippen LogP contribution in [0.2, 0.25) is 10.0 Å². The van der Waals surface area contributed by atoms with E-state index in [1.807, 2.05) is 19.1 Å². The molecular formula is C16H14Cl2O3. The Hall–Kier alpha value is -1.71. The Kier molecular flexibility index (Phi) is 5.48. The normalized spacial score (nSPS) is 10.2. The molecule has 110 valence electrons. The molecule has 0 aliphatic rings. The smallest absolute Gasteiger partial charge is 0.201 e. The van der Waals surface area contributed by atoms with Crippen molar-refractivity contribution < 1.29 is 14.3 Å². The lowest BCUT2D eigenvalue weighted by Gasteiger charge is -2.11. The maximum absolute atomic E-state index is 12.1. The maximum atomic E-state index is 12.1. The molecule has 0 saturated heterocycles. The fourth-order valence-electron chi connectivity index (χ4n) is 1.78. The summed E-state index contributed by atoms with van der Waals surface area (Å²) in [6.45, 7) is 2.29. The number of ketones is 1. The lowest BCUT2D eigenvalue weighted by Crippen LogP contribution is -2.12. The molecular weight excluding hydrogens is 311 g/mol. The van der Waals surface area contributed by atoms with E-state index in [1.54, 1.807) is 24.3 Å². The summed E-state index contributed by atoms with van der Waals surface area (Å²) in [5, 5.41) is 0.799. The van der Waals surface area contributed by atoms with Crippen molar-refractivity contribution in [1.29, 1.82) is 0 Å². The van der Waals surface area contributed by atoms with Gasteiger partial charge < -0.3 is 9.47 Å². The highest BCUT2D eigenvalue weighted by Crippen LogP contribution is 2.27. The number of benzene rings is 2. The van der Waals surface area contributed by atoms with Gasteiger partial charge in [-0.2, -0.15) is 0 Å². The quantitative estimate of drug-likeness (QED) is 0.725. The Morgan fingerprint density at radius 1 is 1.05 bits per heavy atom. The van der Waals surface area contributed by atoms with Crippen molar-refractivity contribution in [3.05, 3.63) is 58.1 Å². The van der Waals surface area contributed by atoms with Gasteiger partial charge in [0.05, 0.1) is 11.6 Å². The monoisotopic (exact) mass is 324 g/mol. The van der Waals surface area contributed by atoms with Gasteiger partial charge in [0.25, 0.3) is 0 Å². The number of carbonyl (C=O) groups excluding carboxylic acids is 1. The van der Waals surface area contributed by atoms with Crippen molar-refractivity contribution in [1.82, 2.24) is 0 Å². The van der Waals surface area contributed by atoms with Crippen LogP contribution in [0.1, 0.15) is 17.3 Å². The minimum absolute atomic E-state index is 0.120. The van der Waals surface area contributed by atoms with Crippen molar-refractivity contribution >= 4 is 29.0 Å². The molecule has 0 aliphatic heterocycles. The summed E-state index contributed by atoms with van der Waals surface area (Å²) in [4.78, 5) is 12.1. The van der Waals surface area contributed by atoms with Crippen molar-refractivity contribution in [2.45, 2.75) is 6.92 Å². The van der Waals surface area contributed by atoms with Crippen LogP contribution in [-0.4, -0.2) is 19.0 Å². The zero-order valence-electron chi connectivity index (χ0n) is 11.4. The third-order valence-corrected chi connectivity index (χ3v) is 3.29. The van der Waals surface area contributed by atoms with Gasteiger partial charge in [-0.1, -0.05) is 35.3 Å². The Morgan fingerprint density at radius 2 is 1.71 bits per heavy atom. The van der Waals surface area contributed by atoms with Crippen LogP contribution in [0.5, 0.6) is 11.5 Å². The average Bonchev–Trinajstić information content (AvgIpc) is 2.46. The zero-order valence-corrected chi connectivity index (χ0v) is 12.9. The largest absolute Gasteiger partial charge is 0.490 e. The highest BCUT2D eigenvalue weighted by Gasteiger charge is 2.13. The highest BCUT2D eigenvalue weighted by molar-refractivity contribution is 6.36. The summed E-state index contributed by atoms with van der Waals surface area (Å²) in [5.41, 5.74) is 0.384. The van der Waals surface area contributed by atoms with Crippen molar-refractivity contribution in [2.75, 3.05) is 13.2 Å². The molecule has 2 aromatic carbocycles. The summed E-state index contributed by atoms with van der Waals surface area (Å²) in [6, 6.07) is 11.9. The van der Waals surface area contributed by atoms with Gasteiger partial charge in [0, 0.05) is 10.6 Å². The van der Waals surface area contributed by atoms with Crippen LogP contribution in [0.15, 0.2) is 42.5 Å². The van der Waals surface area contributed by atoms with Crippen molar-refractivity contribution in [3.8, 4) is 11.5 Å². The van der Waals surface area contributed by atoms with Crippen LogP contribution in [-0.2, 0) is 0 Å². The first-order valence-corrected chi connectivity index (χ1v) is 7.20. The topological polar surface area (TPSA) is 35.5 Å². The van der Waals surface area contributed by atoms with E-state index >= 15 is 0 Å². The SMILES string of the molecule is CCOc1ccccc1OCC(=O)c1ccc(Cl)cc1Cl. The minimum atomic E-state index is -0.219. The molecule has 0 heterocycles. The van der Waals surface area contributed by atoms with Crippen LogP contribution in [0.25, 0.3) is 0 Å². The number of Topliss-reactive ketones (excluding diaryl/α,β-unsaturated/α-hetero) is 1. The number of rotatable bonds is 6. The van der Waals surface area contributed by atoms with Crippen molar-refractivity contribution in [2.24, 2.45) is 0 Å². The first kappa shape index (κ1) is 15.7. The molecule has 21 heavy (non-hydrogen) atoms. The number of hydrogen-bond donors (Lipinski definition) is 0. The summed E-state index contributed by atoms with van der Waals surface area (Å²) < 4.78 is 11.0. The molecule has 0 saturated carbocycles. The number of para-hydroxylation sites is 2. The van der Waals surface area contributed by atoms with Gasteiger partial charge in [-0.05, 0) is 37.3 Å². The second-order valence-electron chi connectivity index (χ2n) is 4.22. The average molecular weight is 325 g/mol. The third kappa shape index (κ3) is 4.13. The molecule has 0 N–H and O–H groups in total. The van der Waals surface area contributed by atoms with E-state index in [4.69, 9.17) is 32.7 Å². The third-order valence-electron chi connectivity index (χ3n) is 2.74. The fourth-order valence-corrected chi connectivity index (χ4v) is 2.29. The molecule has 3 nitrogen and oxygen atoms in total. The number of ether oxygens (including phenoxy) is 2. The fraction of sp³-hybridized carbons (Fsp3) is 0.188. The predicted octanol–water partition coefficient (Wildman–Crippen LogP) is 4.65. The van der Waals surface area contributed by atoms with E-state index in [9.17, 15) is 4.79 Å². The molecule has 0 unspecified atom stereocenters. The van der Waals surface area contributed by atoms with E-state index in [1.165, 1.54) is 6.07 Å². The number of hydrogen-bond acceptors (Lipinski definition) is 3. The molecule has 0 radical (unpaired) electrons. The first-order valence-electron chi connectivity index (χ1n) is 6.44. The van der Waals surface area contributed by atoms with Gasteiger partial charge in [-0.25, -0.2) is 0 Å². The van der Waals surface area contributed by atoms with Crippen LogP contribution in [0.4, 0.5) is 0 Å². The van der Waals surface area contributed by atoms with E-state index in [0.29, 0.717) is 33.7 Å². The van der Waals surface area contributed by atoms with Crippen molar-refractivity contribution in [3.63, 3.8) is 0 Å². The summed E-state index contributed by atoms with van der Waals surface area (Å²) in [6.07, 6.45) is 0. The lowest BCUT2D eigenvalue weighted by molar-refractivity contribution is 0.0919. The van der Waals surface area contributed by atoms with Gasteiger partial charge in [0.15, 0.2) is 18.1 Å². The van der Waals surface area contributed by atoms with Gasteiger partial charge in [-0.3, -0.25) is 4.79 Å². The van der Waals surface area contributed by atoms with Crippen LogP contribution in [0, 0.1) is 0 Å². The van der Waals surface area contributed by atoms with E-state index in [-0.39, 0.29) is 12.4 Å². The van der Waals surface area contributed by atoms with Crippen LogP contribution >= 0.6 is 23.2 Å². The molecule has 2 aromatic rings. The van der Waals surface area contributed by atoms with E-state index in [0.717, 1.165) is 0 Å². The molecule has 0 fully saturated rings. The molecule has 5 heteroatoms. The second kappa shape index (κ2) is 7.34. The summed E-state index contributed by atoms with van der Waals surface area (Å²) >= 11 is 11.8. The number of carbonyl (C=O) groups is 1. The first-order chi connectivity index (χ1) is 10.1. The van der Waals surface area contributed by atoms with Gasteiger partial charge in [0.2, 0.25) is 5.78 Å². The maximum Gasteiger partial charge on any atom is 0.201 e. The van der Waals surface area contributed by atoms with Gasteiger partial charge in [0.1, 0.15) is 0 Å².